The number of alkyl halides is 2. The van der Waals surface area contributed by atoms with Gasteiger partial charge in [0.1, 0.15) is 0 Å². The third-order valence-electron chi connectivity index (χ3n) is 7.27. The van der Waals surface area contributed by atoms with Crippen LogP contribution in [0.1, 0.15) is 27.1 Å². The van der Waals surface area contributed by atoms with E-state index in [1.165, 1.54) is 55.6 Å². The number of fused-ring (bicyclic) bond motifs is 5. The number of anilines is 2. The van der Waals surface area contributed by atoms with E-state index in [4.69, 9.17) is 27.9 Å². The van der Waals surface area contributed by atoms with Crippen molar-refractivity contribution in [2.75, 3.05) is 23.9 Å². The quantitative estimate of drug-likeness (QED) is 0.336. The number of halogens is 2. The molecule has 192 valence electrons. The van der Waals surface area contributed by atoms with Crippen LogP contribution in [0.4, 0.5) is 11.4 Å². The lowest BCUT2D eigenvalue weighted by Gasteiger charge is -2.28. The monoisotopic (exact) mass is 544 g/mol. The van der Waals surface area contributed by atoms with E-state index in [2.05, 4.69) is 10.1 Å². The fourth-order valence-corrected chi connectivity index (χ4v) is 6.46. The van der Waals surface area contributed by atoms with Gasteiger partial charge in [-0.05, 0) is 66.8 Å². The van der Waals surface area contributed by atoms with E-state index in [9.17, 15) is 24.0 Å². The van der Waals surface area contributed by atoms with Crippen LogP contribution in [0, 0.1) is 23.7 Å². The second-order valence-corrected chi connectivity index (χ2v) is 10.3. The van der Waals surface area contributed by atoms with Gasteiger partial charge < -0.3 is 14.8 Å². The third kappa shape index (κ3) is 4.36. The van der Waals surface area contributed by atoms with Crippen LogP contribution < -0.4 is 10.2 Å². The zero-order valence-electron chi connectivity index (χ0n) is 19.6. The largest absolute Gasteiger partial charge is 0.465 e. The molecule has 11 heteroatoms. The van der Waals surface area contributed by atoms with Crippen LogP contribution in [0.25, 0.3) is 0 Å². The molecule has 6 atom stereocenters. The van der Waals surface area contributed by atoms with Gasteiger partial charge in [-0.25, -0.2) is 9.59 Å². The van der Waals surface area contributed by atoms with Crippen molar-refractivity contribution in [3.8, 4) is 0 Å². The van der Waals surface area contributed by atoms with Crippen molar-refractivity contribution >= 4 is 64.2 Å². The molecular formula is C26H22Cl2N2O7. The van der Waals surface area contributed by atoms with Gasteiger partial charge in [0.25, 0.3) is 5.91 Å². The van der Waals surface area contributed by atoms with Gasteiger partial charge in [0.05, 0.1) is 46.5 Å². The summed E-state index contributed by atoms with van der Waals surface area (Å²) in [5.74, 6) is -3.55. The van der Waals surface area contributed by atoms with Gasteiger partial charge in [0.2, 0.25) is 11.8 Å². The molecule has 1 saturated heterocycles. The smallest absolute Gasteiger partial charge is 0.338 e. The first-order valence-electron chi connectivity index (χ1n) is 11.6. The SMILES string of the molecule is COC(=O)c1ccc(NC(=O)COC(=O)c2ccc(N3C(=O)[C@@H]4[C@H]5C[C@@H]([C@H](Cl)[C@H]5Cl)[C@@H]4C3=O)cc2)cc1. The molecule has 2 aromatic carbocycles. The number of imide groups is 1. The van der Waals surface area contributed by atoms with Gasteiger partial charge in [0, 0.05) is 5.69 Å². The van der Waals surface area contributed by atoms with Crippen molar-refractivity contribution in [1.82, 2.24) is 0 Å². The summed E-state index contributed by atoms with van der Waals surface area (Å²) >= 11 is 12.8. The number of benzene rings is 2. The van der Waals surface area contributed by atoms with E-state index >= 15 is 0 Å². The van der Waals surface area contributed by atoms with Gasteiger partial charge in [-0.3, -0.25) is 19.3 Å². The number of nitrogens with zero attached hydrogens (tertiary/aromatic N) is 1. The average molecular weight is 545 g/mol. The topological polar surface area (TPSA) is 119 Å². The number of hydrogen-bond donors (Lipinski definition) is 1. The van der Waals surface area contributed by atoms with E-state index in [-0.39, 0.29) is 40.0 Å². The molecule has 2 bridgehead atoms. The summed E-state index contributed by atoms with van der Waals surface area (Å²) in [5, 5.41) is 1.89. The minimum atomic E-state index is -0.744. The van der Waals surface area contributed by atoms with Gasteiger partial charge in [-0.1, -0.05) is 0 Å². The normalized spacial score (nSPS) is 27.7. The first-order valence-corrected chi connectivity index (χ1v) is 12.5. The summed E-state index contributed by atoms with van der Waals surface area (Å²) in [4.78, 5) is 63.4. The third-order valence-corrected chi connectivity index (χ3v) is 8.59. The van der Waals surface area contributed by atoms with E-state index in [1.807, 2.05) is 0 Å². The lowest BCUT2D eigenvalue weighted by molar-refractivity contribution is -0.123. The van der Waals surface area contributed by atoms with Crippen LogP contribution in [0.15, 0.2) is 48.5 Å². The van der Waals surface area contributed by atoms with Gasteiger partial charge in [-0.15, -0.1) is 23.2 Å². The van der Waals surface area contributed by atoms with Gasteiger partial charge >= 0.3 is 11.9 Å². The van der Waals surface area contributed by atoms with Gasteiger partial charge in [-0.2, -0.15) is 0 Å². The Bertz CT molecular complexity index is 1250. The minimum Gasteiger partial charge on any atom is -0.465 e. The highest BCUT2D eigenvalue weighted by Crippen LogP contribution is 2.59. The van der Waals surface area contributed by atoms with Crippen molar-refractivity contribution < 1.29 is 33.4 Å². The average Bonchev–Trinajstić information content (AvgIpc) is 3.52. The first kappa shape index (κ1) is 25.2. The van der Waals surface area contributed by atoms with E-state index in [1.54, 1.807) is 0 Å². The molecule has 3 amide bonds. The second kappa shape index (κ2) is 9.79. The number of methoxy groups -OCH3 is 1. The Morgan fingerprint density at radius 3 is 1.92 bits per heavy atom. The van der Waals surface area contributed by atoms with Crippen molar-refractivity contribution in [2.45, 2.75) is 17.2 Å². The summed E-state index contributed by atoms with van der Waals surface area (Å²) in [6, 6.07) is 11.9. The molecule has 0 spiro atoms. The Labute approximate surface area is 222 Å². The maximum atomic E-state index is 13.1. The summed E-state index contributed by atoms with van der Waals surface area (Å²) in [6.45, 7) is -0.534. The highest BCUT2D eigenvalue weighted by Gasteiger charge is 2.66. The van der Waals surface area contributed by atoms with Crippen LogP contribution in [-0.4, -0.2) is 54.1 Å². The van der Waals surface area contributed by atoms with E-state index in [0.717, 1.165) is 4.90 Å². The van der Waals surface area contributed by atoms with Crippen molar-refractivity contribution in [3.05, 3.63) is 59.7 Å². The van der Waals surface area contributed by atoms with E-state index in [0.29, 0.717) is 23.4 Å². The number of carbonyl (C=O) groups is 5. The number of nitrogens with one attached hydrogen (secondary N) is 1. The highest BCUT2D eigenvalue weighted by atomic mass is 35.5. The lowest BCUT2D eigenvalue weighted by Crippen LogP contribution is -2.37. The molecule has 3 aliphatic rings. The Morgan fingerprint density at radius 1 is 0.865 bits per heavy atom. The van der Waals surface area contributed by atoms with Crippen LogP contribution in [0.2, 0.25) is 0 Å². The molecule has 1 aliphatic heterocycles. The molecule has 2 aromatic rings. The lowest BCUT2D eigenvalue weighted by atomic mass is 9.80. The minimum absolute atomic E-state index is 0.119. The fourth-order valence-electron chi connectivity index (χ4n) is 5.57. The molecule has 9 nitrogen and oxygen atoms in total. The zero-order valence-corrected chi connectivity index (χ0v) is 21.1. The van der Waals surface area contributed by atoms with Crippen LogP contribution in [-0.2, 0) is 23.9 Å². The molecule has 37 heavy (non-hydrogen) atoms. The predicted molar refractivity (Wildman–Crippen MR) is 133 cm³/mol. The second-order valence-electron chi connectivity index (χ2n) is 9.26. The maximum absolute atomic E-state index is 13.1. The Morgan fingerprint density at radius 2 is 1.38 bits per heavy atom. The summed E-state index contributed by atoms with van der Waals surface area (Å²) in [6.07, 6.45) is 0.681. The molecule has 0 aromatic heterocycles. The van der Waals surface area contributed by atoms with E-state index < -0.39 is 36.3 Å². The predicted octanol–water partition coefficient (Wildman–Crippen LogP) is 3.24. The number of ether oxygens (including phenoxy) is 2. The molecular weight excluding hydrogens is 523 g/mol. The van der Waals surface area contributed by atoms with Crippen molar-refractivity contribution in [1.29, 1.82) is 0 Å². The molecule has 2 saturated carbocycles. The maximum Gasteiger partial charge on any atom is 0.338 e. The fraction of sp³-hybridized carbons (Fsp3) is 0.346. The number of amides is 3. The Balaban J connectivity index is 1.18. The van der Waals surface area contributed by atoms with Crippen LogP contribution >= 0.6 is 23.2 Å². The zero-order chi connectivity index (χ0) is 26.4. The molecule has 0 unspecified atom stereocenters. The highest BCUT2D eigenvalue weighted by molar-refractivity contribution is 6.32. The summed E-state index contributed by atoms with van der Waals surface area (Å²) in [7, 11) is 1.27. The van der Waals surface area contributed by atoms with Crippen LogP contribution in [0.3, 0.4) is 0 Å². The Kier molecular flexibility index (Phi) is 6.68. The number of carbonyl (C=O) groups excluding carboxylic acids is 5. The Hall–Kier alpha value is -3.43. The van der Waals surface area contributed by atoms with Crippen LogP contribution in [0.5, 0.6) is 0 Å². The summed E-state index contributed by atoms with van der Waals surface area (Å²) < 4.78 is 9.69. The molecule has 5 rings (SSSR count). The molecule has 1 N–H and O–H groups in total. The van der Waals surface area contributed by atoms with Crippen molar-refractivity contribution in [3.63, 3.8) is 0 Å². The summed E-state index contributed by atoms with van der Waals surface area (Å²) in [5.41, 5.74) is 1.25. The number of rotatable bonds is 6. The molecule has 0 radical (unpaired) electrons. The number of esters is 2. The first-order chi connectivity index (χ1) is 17.7. The van der Waals surface area contributed by atoms with Crippen molar-refractivity contribution in [2.24, 2.45) is 23.7 Å². The standard InChI is InChI=1S/C26H22Cl2N2O7/c1-36-25(34)12-2-6-14(7-3-12)29-18(31)11-37-26(35)13-4-8-15(9-5-13)30-23(32)19-16-10-17(20(19)24(30)33)22(28)21(16)27/h2-9,16-17,19-22H,10-11H2,1H3,(H,29,31)/t16-,17-,19-,20+,21+,22+/m1/s1. The number of hydrogen-bond acceptors (Lipinski definition) is 7. The molecule has 1 heterocycles. The molecule has 3 fully saturated rings. The molecule has 2 aliphatic carbocycles. The van der Waals surface area contributed by atoms with Gasteiger partial charge in [0.15, 0.2) is 6.61 Å².